The number of carbonyl (C=O) groups excluding carboxylic acids is 1. The van der Waals surface area contributed by atoms with Gasteiger partial charge in [0.2, 0.25) is 11.8 Å². The number of urea groups is 1. The highest BCUT2D eigenvalue weighted by Crippen LogP contribution is 2.20. The highest BCUT2D eigenvalue weighted by atomic mass is 32.2. The molecule has 0 bridgehead atoms. The van der Waals surface area contributed by atoms with Crippen molar-refractivity contribution in [1.82, 2.24) is 15.1 Å². The molecule has 1 aliphatic rings. The van der Waals surface area contributed by atoms with E-state index in [-0.39, 0.29) is 30.6 Å². The van der Waals surface area contributed by atoms with Gasteiger partial charge in [-0.2, -0.15) is 0 Å². The van der Waals surface area contributed by atoms with Crippen LogP contribution in [-0.2, 0) is 9.84 Å². The van der Waals surface area contributed by atoms with Crippen molar-refractivity contribution in [3.63, 3.8) is 0 Å². The van der Waals surface area contributed by atoms with Crippen LogP contribution in [-0.4, -0.2) is 54.1 Å². The Bertz CT molecular complexity index is 800. The van der Waals surface area contributed by atoms with Gasteiger partial charge in [-0.25, -0.2) is 13.2 Å². The zero-order valence-corrected chi connectivity index (χ0v) is 13.3. The van der Waals surface area contributed by atoms with Crippen molar-refractivity contribution in [2.75, 3.05) is 29.9 Å². The summed E-state index contributed by atoms with van der Waals surface area (Å²) < 4.78 is 28.1. The summed E-state index contributed by atoms with van der Waals surface area (Å²) in [5, 5.41) is 10.4. The van der Waals surface area contributed by atoms with Gasteiger partial charge >= 0.3 is 6.03 Å². The molecule has 9 heteroatoms. The summed E-state index contributed by atoms with van der Waals surface area (Å²) in [4.78, 5) is 13.6. The molecule has 0 unspecified atom stereocenters. The molecule has 1 saturated heterocycles. The smallest absolute Gasteiger partial charge is 0.321 e. The third kappa shape index (κ3) is 3.67. The largest absolute Gasteiger partial charge is 0.421 e. The minimum Gasteiger partial charge on any atom is -0.421 e. The molecule has 2 aromatic rings. The van der Waals surface area contributed by atoms with E-state index in [4.69, 9.17) is 4.42 Å². The second kappa shape index (κ2) is 5.99. The quantitative estimate of drug-likeness (QED) is 0.886. The number of hydrogen-bond acceptors (Lipinski definition) is 6. The van der Waals surface area contributed by atoms with Gasteiger partial charge in [0.25, 0.3) is 0 Å². The monoisotopic (exact) mass is 336 g/mol. The molecule has 0 saturated carbocycles. The maximum atomic E-state index is 12.1. The topological polar surface area (TPSA) is 105 Å². The number of carbonyl (C=O) groups is 1. The number of nitrogens with zero attached hydrogens (tertiary/aromatic N) is 3. The molecule has 3 rings (SSSR count). The lowest BCUT2D eigenvalue weighted by Gasteiger charge is -2.26. The van der Waals surface area contributed by atoms with Gasteiger partial charge in [0.05, 0.1) is 11.5 Å². The van der Waals surface area contributed by atoms with Gasteiger partial charge in [-0.15, -0.1) is 10.2 Å². The number of nitrogens with one attached hydrogen (secondary N) is 1. The third-order valence-electron chi connectivity index (χ3n) is 3.54. The Kier molecular flexibility index (Phi) is 4.03. The van der Waals surface area contributed by atoms with Crippen molar-refractivity contribution < 1.29 is 17.6 Å². The number of anilines is 1. The van der Waals surface area contributed by atoms with Crippen LogP contribution >= 0.6 is 0 Å². The number of aryl methyl sites for hydroxylation is 1. The molecule has 23 heavy (non-hydrogen) atoms. The van der Waals surface area contributed by atoms with E-state index < -0.39 is 9.84 Å². The lowest BCUT2D eigenvalue weighted by Crippen LogP contribution is -2.45. The summed E-state index contributed by atoms with van der Waals surface area (Å²) in [7, 11) is -3.00. The molecule has 2 heterocycles. The summed E-state index contributed by atoms with van der Waals surface area (Å²) in [6.07, 6.45) is 0. The van der Waals surface area contributed by atoms with Crippen molar-refractivity contribution in [2.24, 2.45) is 0 Å². The molecular weight excluding hydrogens is 320 g/mol. The van der Waals surface area contributed by atoms with Gasteiger partial charge in [-0.3, -0.25) is 0 Å². The average Bonchev–Trinajstić information content (AvgIpc) is 2.94. The Morgan fingerprint density at radius 1 is 1.17 bits per heavy atom. The molecule has 1 aromatic carbocycles. The molecular formula is C14H16N4O4S. The highest BCUT2D eigenvalue weighted by molar-refractivity contribution is 7.91. The van der Waals surface area contributed by atoms with E-state index in [1.54, 1.807) is 31.2 Å². The maximum Gasteiger partial charge on any atom is 0.321 e. The maximum absolute atomic E-state index is 12.1. The van der Waals surface area contributed by atoms with Crippen LogP contribution in [0, 0.1) is 6.92 Å². The van der Waals surface area contributed by atoms with Crippen LogP contribution in [0.2, 0.25) is 0 Å². The molecule has 0 aliphatic carbocycles. The Balaban J connectivity index is 1.63. The minimum absolute atomic E-state index is 0.00979. The first-order valence-corrected chi connectivity index (χ1v) is 8.92. The second-order valence-corrected chi connectivity index (χ2v) is 7.58. The summed E-state index contributed by atoms with van der Waals surface area (Å²) in [6, 6.07) is 6.69. The van der Waals surface area contributed by atoms with E-state index in [0.717, 1.165) is 5.56 Å². The van der Waals surface area contributed by atoms with Gasteiger partial charge in [0.15, 0.2) is 9.84 Å². The van der Waals surface area contributed by atoms with Gasteiger partial charge in [-0.1, -0.05) is 0 Å². The number of sulfone groups is 1. The lowest BCUT2D eigenvalue weighted by atomic mass is 10.2. The van der Waals surface area contributed by atoms with E-state index in [0.29, 0.717) is 17.5 Å². The average molecular weight is 336 g/mol. The first-order chi connectivity index (χ1) is 10.9. The van der Waals surface area contributed by atoms with Gasteiger partial charge in [0.1, 0.15) is 0 Å². The second-order valence-electron chi connectivity index (χ2n) is 5.27. The molecule has 1 fully saturated rings. The number of benzene rings is 1. The fourth-order valence-electron chi connectivity index (χ4n) is 2.23. The van der Waals surface area contributed by atoms with Crippen molar-refractivity contribution in [3.05, 3.63) is 30.2 Å². The molecule has 0 spiro atoms. The molecule has 8 nitrogen and oxygen atoms in total. The number of rotatable bonds is 2. The summed E-state index contributed by atoms with van der Waals surface area (Å²) in [5.74, 6) is 0.921. The molecule has 0 radical (unpaired) electrons. The Morgan fingerprint density at radius 3 is 2.39 bits per heavy atom. The Morgan fingerprint density at radius 2 is 1.83 bits per heavy atom. The van der Waals surface area contributed by atoms with Crippen LogP contribution in [0.4, 0.5) is 10.5 Å². The van der Waals surface area contributed by atoms with Crippen LogP contribution < -0.4 is 5.32 Å². The van der Waals surface area contributed by atoms with Crippen molar-refractivity contribution in [3.8, 4) is 11.5 Å². The van der Waals surface area contributed by atoms with Gasteiger partial charge < -0.3 is 14.6 Å². The first-order valence-electron chi connectivity index (χ1n) is 7.10. The molecule has 1 N–H and O–H groups in total. The Labute approximate surface area is 133 Å². The highest BCUT2D eigenvalue weighted by Gasteiger charge is 2.24. The van der Waals surface area contributed by atoms with E-state index >= 15 is 0 Å². The molecule has 122 valence electrons. The minimum atomic E-state index is -3.00. The predicted molar refractivity (Wildman–Crippen MR) is 83.7 cm³/mol. The van der Waals surface area contributed by atoms with E-state index in [9.17, 15) is 13.2 Å². The number of amides is 2. The molecule has 0 atom stereocenters. The van der Waals surface area contributed by atoms with Crippen LogP contribution in [0.5, 0.6) is 0 Å². The molecule has 2 amide bonds. The van der Waals surface area contributed by atoms with Gasteiger partial charge in [0, 0.05) is 31.3 Å². The van der Waals surface area contributed by atoms with Gasteiger partial charge in [-0.05, 0) is 24.3 Å². The summed E-state index contributed by atoms with van der Waals surface area (Å²) >= 11 is 0. The fraction of sp³-hybridized carbons (Fsp3) is 0.357. The van der Waals surface area contributed by atoms with Crippen LogP contribution in [0.25, 0.3) is 11.5 Å². The first kappa shape index (κ1) is 15.5. The zero-order valence-electron chi connectivity index (χ0n) is 12.5. The van der Waals surface area contributed by atoms with Crippen LogP contribution in [0.3, 0.4) is 0 Å². The third-order valence-corrected chi connectivity index (χ3v) is 5.15. The van der Waals surface area contributed by atoms with E-state index in [1.807, 2.05) is 0 Å². The van der Waals surface area contributed by atoms with E-state index in [2.05, 4.69) is 15.5 Å². The van der Waals surface area contributed by atoms with Crippen molar-refractivity contribution in [1.29, 1.82) is 0 Å². The van der Waals surface area contributed by atoms with Crippen molar-refractivity contribution >= 4 is 21.6 Å². The van der Waals surface area contributed by atoms with Crippen LogP contribution in [0.1, 0.15) is 5.89 Å². The molecule has 1 aromatic heterocycles. The number of hydrogen-bond donors (Lipinski definition) is 1. The fourth-order valence-corrected chi connectivity index (χ4v) is 3.43. The zero-order chi connectivity index (χ0) is 16.4. The standard InChI is InChI=1S/C14H16N4O4S/c1-10-16-17-13(22-10)11-2-4-12(5-3-11)15-14(19)18-6-8-23(20,21)9-7-18/h2-5H,6-9H2,1H3,(H,15,19). The van der Waals surface area contributed by atoms with Crippen LogP contribution in [0.15, 0.2) is 28.7 Å². The Hall–Kier alpha value is -2.42. The van der Waals surface area contributed by atoms with E-state index in [1.165, 1.54) is 4.90 Å². The summed E-state index contributed by atoms with van der Waals surface area (Å²) in [6.45, 7) is 2.14. The summed E-state index contributed by atoms with van der Waals surface area (Å²) in [5.41, 5.74) is 1.37. The lowest BCUT2D eigenvalue weighted by molar-refractivity contribution is 0.216. The molecule has 1 aliphatic heterocycles. The normalized spacial score (nSPS) is 17.0. The van der Waals surface area contributed by atoms with Crippen molar-refractivity contribution in [2.45, 2.75) is 6.92 Å². The number of aromatic nitrogens is 2. The SMILES string of the molecule is Cc1nnc(-c2ccc(NC(=O)N3CCS(=O)(=O)CC3)cc2)o1. The predicted octanol–water partition coefficient (Wildman–Crippen LogP) is 1.31.